The normalized spacial score (nSPS) is 19.8. The summed E-state index contributed by atoms with van der Waals surface area (Å²) in [5, 5.41) is 3.09. The largest absolute Gasteiger partial charge is 0.345 e. The van der Waals surface area contributed by atoms with Gasteiger partial charge in [-0.1, -0.05) is 30.3 Å². The molecule has 0 spiro atoms. The molecule has 6 heteroatoms. The monoisotopic (exact) mass is 384 g/mol. The highest BCUT2D eigenvalue weighted by Crippen LogP contribution is 2.31. The molecule has 2 aromatic carbocycles. The van der Waals surface area contributed by atoms with E-state index >= 15 is 0 Å². The summed E-state index contributed by atoms with van der Waals surface area (Å²) in [5.74, 6) is -0.215. The van der Waals surface area contributed by atoms with E-state index in [0.29, 0.717) is 18.7 Å². The number of fused-ring (bicyclic) bond motifs is 1. The van der Waals surface area contributed by atoms with Crippen LogP contribution in [0.4, 0.5) is 0 Å². The van der Waals surface area contributed by atoms with Gasteiger partial charge in [0, 0.05) is 18.7 Å². The SMILES string of the molecule is Cc1ccc(S(=O)(=O)N2CCCC2)cc1C(=O)N[C@@H]1CCc2ccccc21. The first kappa shape index (κ1) is 18.2. The molecule has 1 atom stereocenters. The van der Waals surface area contributed by atoms with Gasteiger partial charge >= 0.3 is 0 Å². The molecule has 1 heterocycles. The lowest BCUT2D eigenvalue weighted by Crippen LogP contribution is -2.30. The lowest BCUT2D eigenvalue weighted by atomic mass is 10.1. The van der Waals surface area contributed by atoms with Crippen LogP contribution in [-0.2, 0) is 16.4 Å². The Balaban J connectivity index is 1.59. The van der Waals surface area contributed by atoms with Gasteiger partial charge in [0.05, 0.1) is 10.9 Å². The smallest absolute Gasteiger partial charge is 0.252 e. The van der Waals surface area contributed by atoms with Crippen LogP contribution in [-0.4, -0.2) is 31.7 Å². The summed E-state index contributed by atoms with van der Waals surface area (Å²) in [6, 6.07) is 13.0. The molecule has 0 unspecified atom stereocenters. The van der Waals surface area contributed by atoms with Gasteiger partial charge in [-0.15, -0.1) is 0 Å². The number of carbonyl (C=O) groups is 1. The van der Waals surface area contributed by atoms with Crippen molar-refractivity contribution in [3.8, 4) is 0 Å². The molecule has 0 radical (unpaired) electrons. The molecule has 1 aliphatic heterocycles. The molecule has 142 valence electrons. The summed E-state index contributed by atoms with van der Waals surface area (Å²) < 4.78 is 27.2. The van der Waals surface area contributed by atoms with Crippen LogP contribution in [0.1, 0.15) is 52.4 Å². The third kappa shape index (κ3) is 3.39. The van der Waals surface area contributed by atoms with Gasteiger partial charge in [-0.05, 0) is 61.4 Å². The van der Waals surface area contributed by atoms with Crippen molar-refractivity contribution in [3.63, 3.8) is 0 Å². The van der Waals surface area contributed by atoms with Crippen molar-refractivity contribution in [2.45, 2.75) is 43.5 Å². The number of nitrogens with zero attached hydrogens (tertiary/aromatic N) is 1. The first-order chi connectivity index (χ1) is 13.0. The summed E-state index contributed by atoms with van der Waals surface area (Å²) in [6.45, 7) is 2.94. The zero-order chi connectivity index (χ0) is 19.0. The quantitative estimate of drug-likeness (QED) is 0.880. The van der Waals surface area contributed by atoms with Crippen molar-refractivity contribution in [3.05, 3.63) is 64.7 Å². The molecule has 2 aliphatic rings. The number of sulfonamides is 1. The van der Waals surface area contributed by atoms with Gasteiger partial charge in [0.1, 0.15) is 0 Å². The fraction of sp³-hybridized carbons (Fsp3) is 0.381. The number of nitrogens with one attached hydrogen (secondary N) is 1. The van der Waals surface area contributed by atoms with Crippen molar-refractivity contribution in [2.24, 2.45) is 0 Å². The van der Waals surface area contributed by atoms with E-state index in [9.17, 15) is 13.2 Å². The Bertz CT molecular complexity index is 979. The number of amides is 1. The Hall–Kier alpha value is -2.18. The van der Waals surface area contributed by atoms with Crippen molar-refractivity contribution >= 4 is 15.9 Å². The highest BCUT2D eigenvalue weighted by atomic mass is 32.2. The minimum absolute atomic E-state index is 0.0213. The van der Waals surface area contributed by atoms with Gasteiger partial charge in [0.15, 0.2) is 0 Å². The van der Waals surface area contributed by atoms with E-state index < -0.39 is 10.0 Å². The molecule has 4 rings (SSSR count). The number of aryl methyl sites for hydroxylation is 2. The molecule has 0 aromatic heterocycles. The van der Waals surface area contributed by atoms with Crippen LogP contribution in [0.25, 0.3) is 0 Å². The van der Waals surface area contributed by atoms with Crippen molar-refractivity contribution in [1.82, 2.24) is 9.62 Å². The van der Waals surface area contributed by atoms with E-state index in [4.69, 9.17) is 0 Å². The predicted molar refractivity (Wildman–Crippen MR) is 104 cm³/mol. The Labute approximate surface area is 160 Å². The highest BCUT2D eigenvalue weighted by molar-refractivity contribution is 7.89. The number of benzene rings is 2. The van der Waals surface area contributed by atoms with Crippen LogP contribution in [0, 0.1) is 6.92 Å². The van der Waals surface area contributed by atoms with Crippen molar-refractivity contribution in [2.75, 3.05) is 13.1 Å². The molecule has 0 bridgehead atoms. The van der Waals surface area contributed by atoms with Gasteiger partial charge in [-0.25, -0.2) is 8.42 Å². The number of carbonyl (C=O) groups excluding carboxylic acids is 1. The summed E-state index contributed by atoms with van der Waals surface area (Å²) in [6.07, 6.45) is 3.60. The molecular weight excluding hydrogens is 360 g/mol. The fourth-order valence-electron chi connectivity index (χ4n) is 4.03. The molecule has 1 fully saturated rings. The lowest BCUT2D eigenvalue weighted by Gasteiger charge is -2.18. The maximum atomic E-state index is 12.9. The zero-order valence-corrected chi connectivity index (χ0v) is 16.3. The third-order valence-electron chi connectivity index (χ3n) is 5.59. The number of hydrogen-bond donors (Lipinski definition) is 1. The third-order valence-corrected chi connectivity index (χ3v) is 7.49. The summed E-state index contributed by atoms with van der Waals surface area (Å²) in [7, 11) is -3.53. The molecule has 1 amide bonds. The van der Waals surface area contributed by atoms with E-state index in [1.807, 2.05) is 25.1 Å². The average molecular weight is 385 g/mol. The molecule has 27 heavy (non-hydrogen) atoms. The molecule has 2 aromatic rings. The predicted octanol–water partition coefficient (Wildman–Crippen LogP) is 3.20. The molecule has 5 nitrogen and oxygen atoms in total. The molecule has 1 N–H and O–H groups in total. The number of rotatable bonds is 4. The Morgan fingerprint density at radius 1 is 1.11 bits per heavy atom. The maximum Gasteiger partial charge on any atom is 0.252 e. The van der Waals surface area contributed by atoms with Crippen LogP contribution in [0.15, 0.2) is 47.4 Å². The Morgan fingerprint density at radius 3 is 2.63 bits per heavy atom. The van der Waals surface area contributed by atoms with Crippen LogP contribution in [0.5, 0.6) is 0 Å². The molecule has 0 saturated carbocycles. The molecular formula is C21H24N2O3S. The van der Waals surface area contributed by atoms with Gasteiger partial charge in [0.2, 0.25) is 10.0 Å². The van der Waals surface area contributed by atoms with E-state index in [-0.39, 0.29) is 16.8 Å². The van der Waals surface area contributed by atoms with Gasteiger partial charge in [-0.2, -0.15) is 4.31 Å². The minimum Gasteiger partial charge on any atom is -0.345 e. The Kier molecular flexibility index (Phi) is 4.78. The second-order valence-corrected chi connectivity index (χ2v) is 9.29. The first-order valence-electron chi connectivity index (χ1n) is 9.46. The molecule has 1 saturated heterocycles. The van der Waals surface area contributed by atoms with Crippen molar-refractivity contribution < 1.29 is 13.2 Å². The lowest BCUT2D eigenvalue weighted by molar-refractivity contribution is 0.0936. The minimum atomic E-state index is -3.53. The van der Waals surface area contributed by atoms with E-state index in [1.165, 1.54) is 15.9 Å². The van der Waals surface area contributed by atoms with Gasteiger partial charge in [-0.3, -0.25) is 4.79 Å². The Morgan fingerprint density at radius 2 is 1.85 bits per heavy atom. The van der Waals surface area contributed by atoms with Crippen LogP contribution >= 0.6 is 0 Å². The fourth-order valence-corrected chi connectivity index (χ4v) is 5.57. The van der Waals surface area contributed by atoms with Gasteiger partial charge < -0.3 is 5.32 Å². The topological polar surface area (TPSA) is 66.5 Å². The van der Waals surface area contributed by atoms with Gasteiger partial charge in [0.25, 0.3) is 5.91 Å². The summed E-state index contributed by atoms with van der Waals surface area (Å²) in [4.78, 5) is 13.1. The highest BCUT2D eigenvalue weighted by Gasteiger charge is 2.29. The van der Waals surface area contributed by atoms with E-state index in [0.717, 1.165) is 36.8 Å². The van der Waals surface area contributed by atoms with E-state index in [1.54, 1.807) is 12.1 Å². The zero-order valence-electron chi connectivity index (χ0n) is 15.4. The second-order valence-electron chi connectivity index (χ2n) is 7.35. The number of hydrogen-bond acceptors (Lipinski definition) is 3. The van der Waals surface area contributed by atoms with E-state index in [2.05, 4.69) is 11.4 Å². The van der Waals surface area contributed by atoms with Crippen LogP contribution in [0.3, 0.4) is 0 Å². The molecule has 1 aliphatic carbocycles. The van der Waals surface area contributed by atoms with Crippen molar-refractivity contribution in [1.29, 1.82) is 0 Å². The maximum absolute atomic E-state index is 12.9. The average Bonchev–Trinajstić information content (AvgIpc) is 3.33. The first-order valence-corrected chi connectivity index (χ1v) is 10.9. The summed E-state index contributed by atoms with van der Waals surface area (Å²) in [5.41, 5.74) is 3.63. The standard InChI is InChI=1S/C21H24N2O3S/c1-15-8-10-17(27(25,26)23-12-4-5-13-23)14-19(15)21(24)22-20-11-9-16-6-2-3-7-18(16)20/h2-3,6-8,10,14,20H,4-5,9,11-13H2,1H3,(H,22,24)/t20-/m1/s1. The van der Waals surface area contributed by atoms with Crippen LogP contribution in [0.2, 0.25) is 0 Å². The second kappa shape index (κ2) is 7.09. The van der Waals surface area contributed by atoms with Crippen LogP contribution < -0.4 is 5.32 Å². The summed E-state index contributed by atoms with van der Waals surface area (Å²) >= 11 is 0.